The molecule has 2 fully saturated rings. The molecule has 1 heterocycles. The largest absolute Gasteiger partial charge is 0.300 e. The van der Waals surface area contributed by atoms with Gasteiger partial charge >= 0.3 is 0 Å². The van der Waals surface area contributed by atoms with E-state index in [-0.39, 0.29) is 0 Å². The Morgan fingerprint density at radius 2 is 1.47 bits per heavy atom. The first-order valence-corrected chi connectivity index (χ1v) is 6.77. The zero-order chi connectivity index (χ0) is 10.1. The minimum Gasteiger partial charge on any atom is -0.300 e. The molecule has 0 unspecified atom stereocenters. The lowest BCUT2D eigenvalue weighted by molar-refractivity contribution is 0.135. The average molecular weight is 205 g/mol. The fraction of sp³-hybridized carbons (Fsp3) is 0.857. The molecule has 0 amide bonds. The topological polar surface area (TPSA) is 3.24 Å². The van der Waals surface area contributed by atoms with Gasteiger partial charge in [-0.1, -0.05) is 12.2 Å². The van der Waals surface area contributed by atoms with Crippen molar-refractivity contribution in [2.75, 3.05) is 13.1 Å². The van der Waals surface area contributed by atoms with E-state index in [4.69, 9.17) is 0 Å². The van der Waals surface area contributed by atoms with Gasteiger partial charge in [-0.3, -0.25) is 4.90 Å². The zero-order valence-corrected chi connectivity index (χ0v) is 9.75. The van der Waals surface area contributed by atoms with E-state index >= 15 is 0 Å². The van der Waals surface area contributed by atoms with Crippen molar-refractivity contribution in [2.45, 2.75) is 57.4 Å². The number of rotatable bonds is 1. The zero-order valence-electron chi connectivity index (χ0n) is 9.75. The third kappa shape index (κ3) is 2.13. The van der Waals surface area contributed by atoms with Gasteiger partial charge in [0.15, 0.2) is 0 Å². The normalized spacial score (nSPS) is 31.7. The van der Waals surface area contributed by atoms with Gasteiger partial charge < -0.3 is 0 Å². The Hall–Kier alpha value is -0.300. The standard InChI is InChI=1S/C14H23N/c1-2-4-12-15(11-3-1)13-5-7-14(8-6-13)9-10-14/h1-2,13H,3-12H2. The maximum atomic E-state index is 2.76. The Morgan fingerprint density at radius 3 is 2.00 bits per heavy atom. The summed E-state index contributed by atoms with van der Waals surface area (Å²) in [6, 6.07) is 0.927. The SMILES string of the molecule is C1=CCCN(C2CCC3(CC2)CC3)CC1. The summed E-state index contributed by atoms with van der Waals surface area (Å²) in [5.74, 6) is 0. The summed E-state index contributed by atoms with van der Waals surface area (Å²) >= 11 is 0. The molecule has 15 heavy (non-hydrogen) atoms. The van der Waals surface area contributed by atoms with Crippen molar-refractivity contribution in [3.8, 4) is 0 Å². The fourth-order valence-corrected chi connectivity index (χ4v) is 3.45. The van der Waals surface area contributed by atoms with Crippen LogP contribution < -0.4 is 0 Å². The molecule has 0 aromatic heterocycles. The molecule has 3 aliphatic rings. The monoisotopic (exact) mass is 205 g/mol. The quantitative estimate of drug-likeness (QED) is 0.593. The van der Waals surface area contributed by atoms with Crippen LogP contribution in [-0.2, 0) is 0 Å². The predicted octanol–water partition coefficient (Wildman–Crippen LogP) is 3.36. The lowest BCUT2D eigenvalue weighted by Crippen LogP contribution is -2.39. The minimum absolute atomic E-state index is 0.862. The van der Waals surface area contributed by atoms with Crippen LogP contribution in [0.3, 0.4) is 0 Å². The summed E-state index contributed by atoms with van der Waals surface area (Å²) in [6.07, 6.45) is 16.4. The summed E-state index contributed by atoms with van der Waals surface area (Å²) in [5, 5.41) is 0. The van der Waals surface area contributed by atoms with Crippen molar-refractivity contribution in [1.82, 2.24) is 4.90 Å². The highest BCUT2D eigenvalue weighted by atomic mass is 15.2. The summed E-state index contributed by atoms with van der Waals surface area (Å²) in [5.41, 5.74) is 0.862. The molecule has 0 aromatic carbocycles. The highest BCUT2D eigenvalue weighted by Crippen LogP contribution is 2.56. The third-order valence-corrected chi connectivity index (χ3v) is 4.82. The van der Waals surface area contributed by atoms with Crippen LogP contribution >= 0.6 is 0 Å². The minimum atomic E-state index is 0.862. The molecule has 0 N–H and O–H groups in total. The molecule has 3 rings (SSSR count). The number of nitrogens with zero attached hydrogens (tertiary/aromatic N) is 1. The van der Waals surface area contributed by atoms with E-state index in [0.29, 0.717) is 0 Å². The lowest BCUT2D eigenvalue weighted by Gasteiger charge is -2.36. The second-order valence-electron chi connectivity index (χ2n) is 5.82. The van der Waals surface area contributed by atoms with Gasteiger partial charge in [0.2, 0.25) is 0 Å². The molecule has 1 heteroatoms. The van der Waals surface area contributed by atoms with Crippen molar-refractivity contribution in [3.05, 3.63) is 12.2 Å². The second-order valence-corrected chi connectivity index (χ2v) is 5.82. The highest BCUT2D eigenvalue weighted by molar-refractivity contribution is 4.99. The molecule has 1 nitrogen and oxygen atoms in total. The molecule has 1 spiro atoms. The summed E-state index contributed by atoms with van der Waals surface area (Å²) in [4.78, 5) is 2.76. The molecular formula is C14H23N. The van der Waals surface area contributed by atoms with Crippen molar-refractivity contribution >= 4 is 0 Å². The van der Waals surface area contributed by atoms with Crippen LogP contribution in [0.5, 0.6) is 0 Å². The molecule has 0 saturated heterocycles. The van der Waals surface area contributed by atoms with E-state index in [1.807, 2.05) is 0 Å². The predicted molar refractivity (Wildman–Crippen MR) is 63.9 cm³/mol. The Labute approximate surface area is 93.5 Å². The summed E-state index contributed by atoms with van der Waals surface area (Å²) < 4.78 is 0. The van der Waals surface area contributed by atoms with Crippen molar-refractivity contribution < 1.29 is 0 Å². The fourth-order valence-electron chi connectivity index (χ4n) is 3.45. The summed E-state index contributed by atoms with van der Waals surface area (Å²) in [6.45, 7) is 2.63. The molecule has 0 atom stereocenters. The smallest absolute Gasteiger partial charge is 0.00959 e. The molecule has 0 radical (unpaired) electrons. The maximum Gasteiger partial charge on any atom is 0.00959 e. The average Bonchev–Trinajstić information content (AvgIpc) is 3.05. The van der Waals surface area contributed by atoms with Gasteiger partial charge in [0.25, 0.3) is 0 Å². The maximum absolute atomic E-state index is 2.76. The first kappa shape index (κ1) is 9.89. The van der Waals surface area contributed by atoms with Crippen LogP contribution in [0.2, 0.25) is 0 Å². The van der Waals surface area contributed by atoms with E-state index in [2.05, 4.69) is 17.1 Å². The van der Waals surface area contributed by atoms with Crippen LogP contribution in [0.15, 0.2) is 12.2 Å². The first-order chi connectivity index (χ1) is 7.38. The van der Waals surface area contributed by atoms with Crippen molar-refractivity contribution in [1.29, 1.82) is 0 Å². The van der Waals surface area contributed by atoms with Gasteiger partial charge in [-0.2, -0.15) is 0 Å². The van der Waals surface area contributed by atoms with E-state index < -0.39 is 0 Å². The van der Waals surface area contributed by atoms with E-state index in [9.17, 15) is 0 Å². The van der Waals surface area contributed by atoms with Crippen molar-refractivity contribution in [3.63, 3.8) is 0 Å². The van der Waals surface area contributed by atoms with E-state index in [1.165, 1.54) is 51.6 Å². The van der Waals surface area contributed by atoms with Crippen LogP contribution in [0.25, 0.3) is 0 Å². The molecule has 2 saturated carbocycles. The van der Waals surface area contributed by atoms with Gasteiger partial charge in [0, 0.05) is 19.1 Å². The number of hydrogen-bond donors (Lipinski definition) is 0. The highest BCUT2D eigenvalue weighted by Gasteiger charge is 2.45. The Balaban J connectivity index is 1.54. The van der Waals surface area contributed by atoms with Gasteiger partial charge in [-0.05, 0) is 56.8 Å². The van der Waals surface area contributed by atoms with Gasteiger partial charge in [-0.25, -0.2) is 0 Å². The first-order valence-electron chi connectivity index (χ1n) is 6.77. The summed E-state index contributed by atoms with van der Waals surface area (Å²) in [7, 11) is 0. The number of hydrogen-bond acceptors (Lipinski definition) is 1. The molecule has 0 aromatic rings. The molecule has 2 aliphatic carbocycles. The third-order valence-electron chi connectivity index (χ3n) is 4.82. The van der Waals surface area contributed by atoms with Crippen LogP contribution in [-0.4, -0.2) is 24.0 Å². The Kier molecular flexibility index (Phi) is 2.59. The van der Waals surface area contributed by atoms with Gasteiger partial charge in [0.1, 0.15) is 0 Å². The molecule has 1 aliphatic heterocycles. The van der Waals surface area contributed by atoms with Crippen molar-refractivity contribution in [2.24, 2.45) is 5.41 Å². The van der Waals surface area contributed by atoms with Crippen LogP contribution in [0, 0.1) is 5.41 Å². The second kappa shape index (κ2) is 3.93. The molecular weight excluding hydrogens is 182 g/mol. The van der Waals surface area contributed by atoms with Crippen LogP contribution in [0.1, 0.15) is 51.4 Å². The Morgan fingerprint density at radius 1 is 0.867 bits per heavy atom. The molecule has 84 valence electrons. The van der Waals surface area contributed by atoms with Crippen LogP contribution in [0.4, 0.5) is 0 Å². The van der Waals surface area contributed by atoms with Gasteiger partial charge in [0.05, 0.1) is 0 Å². The lowest BCUT2D eigenvalue weighted by atomic mass is 9.83. The Bertz CT molecular complexity index is 232. The van der Waals surface area contributed by atoms with E-state index in [0.717, 1.165) is 11.5 Å². The molecule has 0 bridgehead atoms. The van der Waals surface area contributed by atoms with E-state index in [1.54, 1.807) is 12.8 Å². The van der Waals surface area contributed by atoms with Gasteiger partial charge in [-0.15, -0.1) is 0 Å².